The normalized spacial score (nSPS) is 10.7. The lowest BCUT2D eigenvalue weighted by Gasteiger charge is -2.07. The number of hydrogen-bond acceptors (Lipinski definition) is 2. The average Bonchev–Trinajstić information content (AvgIpc) is 2.71. The fraction of sp³-hybridized carbons (Fsp3) is 0.182. The van der Waals surface area contributed by atoms with Crippen molar-refractivity contribution in [3.05, 3.63) is 53.6 Å². The first-order valence-electron chi connectivity index (χ1n) is 4.74. The maximum atomic E-state index is 13.3. The molecule has 0 aliphatic carbocycles. The van der Waals surface area contributed by atoms with Gasteiger partial charge in [0.1, 0.15) is 11.6 Å². The van der Waals surface area contributed by atoms with Crippen molar-refractivity contribution in [2.45, 2.75) is 13.2 Å². The van der Waals surface area contributed by atoms with Crippen LogP contribution in [-0.2, 0) is 13.2 Å². The molecular formula is C11H10F2N2O. The number of aliphatic hydroxyl groups excluding tert-OH is 1. The number of benzene rings is 1. The van der Waals surface area contributed by atoms with Gasteiger partial charge in [-0.3, -0.25) is 0 Å². The molecule has 0 saturated carbocycles. The van der Waals surface area contributed by atoms with Crippen LogP contribution >= 0.6 is 0 Å². The van der Waals surface area contributed by atoms with E-state index in [2.05, 4.69) is 4.98 Å². The first-order valence-corrected chi connectivity index (χ1v) is 4.74. The quantitative estimate of drug-likeness (QED) is 0.861. The first-order chi connectivity index (χ1) is 7.70. The highest BCUT2D eigenvalue weighted by molar-refractivity contribution is 5.19. The molecule has 0 spiro atoms. The highest BCUT2D eigenvalue weighted by Gasteiger charge is 2.07. The summed E-state index contributed by atoms with van der Waals surface area (Å²) in [7, 11) is 0. The van der Waals surface area contributed by atoms with Crippen LogP contribution in [0.2, 0.25) is 0 Å². The van der Waals surface area contributed by atoms with E-state index >= 15 is 0 Å². The van der Waals surface area contributed by atoms with Crippen molar-refractivity contribution in [2.75, 3.05) is 0 Å². The van der Waals surface area contributed by atoms with Crippen molar-refractivity contribution >= 4 is 0 Å². The van der Waals surface area contributed by atoms with Gasteiger partial charge in [-0.2, -0.15) is 0 Å². The third-order valence-corrected chi connectivity index (χ3v) is 2.31. The molecule has 0 atom stereocenters. The molecule has 16 heavy (non-hydrogen) atoms. The van der Waals surface area contributed by atoms with Crippen LogP contribution in [0.5, 0.6) is 0 Å². The van der Waals surface area contributed by atoms with E-state index in [1.165, 1.54) is 12.5 Å². The van der Waals surface area contributed by atoms with Gasteiger partial charge >= 0.3 is 0 Å². The topological polar surface area (TPSA) is 38.1 Å². The molecule has 0 amide bonds. The maximum Gasteiger partial charge on any atom is 0.128 e. The molecule has 1 N–H and O–H groups in total. The van der Waals surface area contributed by atoms with E-state index in [-0.39, 0.29) is 18.7 Å². The highest BCUT2D eigenvalue weighted by atomic mass is 19.1. The molecule has 0 bridgehead atoms. The van der Waals surface area contributed by atoms with Crippen LogP contribution in [0.4, 0.5) is 8.78 Å². The minimum absolute atomic E-state index is 0.152. The minimum Gasteiger partial charge on any atom is -0.390 e. The lowest BCUT2D eigenvalue weighted by atomic mass is 10.2. The molecule has 0 aliphatic heterocycles. The second-order valence-electron chi connectivity index (χ2n) is 3.41. The van der Waals surface area contributed by atoms with E-state index in [1.807, 2.05) is 0 Å². The molecule has 0 radical (unpaired) electrons. The first kappa shape index (κ1) is 10.8. The van der Waals surface area contributed by atoms with Gasteiger partial charge in [0, 0.05) is 5.56 Å². The van der Waals surface area contributed by atoms with Crippen molar-refractivity contribution < 1.29 is 13.9 Å². The summed E-state index contributed by atoms with van der Waals surface area (Å²) in [5.41, 5.74) is 0.788. The zero-order chi connectivity index (χ0) is 11.5. The average molecular weight is 224 g/mol. The Hall–Kier alpha value is -1.75. The number of rotatable bonds is 3. The van der Waals surface area contributed by atoms with Crippen LogP contribution in [0.15, 0.2) is 30.7 Å². The number of nitrogens with zero attached hydrogens (tertiary/aromatic N) is 2. The molecule has 1 aromatic carbocycles. The van der Waals surface area contributed by atoms with Crippen LogP contribution in [0, 0.1) is 11.6 Å². The predicted molar refractivity (Wildman–Crippen MR) is 53.6 cm³/mol. The second kappa shape index (κ2) is 4.40. The Labute approximate surface area is 91.0 Å². The molecule has 2 rings (SSSR count). The molecule has 0 fully saturated rings. The monoisotopic (exact) mass is 224 g/mol. The summed E-state index contributed by atoms with van der Waals surface area (Å²) in [6, 6.07) is 3.29. The molecule has 1 aromatic heterocycles. The summed E-state index contributed by atoms with van der Waals surface area (Å²) in [5, 5.41) is 8.98. The van der Waals surface area contributed by atoms with Crippen LogP contribution in [-0.4, -0.2) is 14.7 Å². The zero-order valence-corrected chi connectivity index (χ0v) is 8.40. The van der Waals surface area contributed by atoms with Crippen molar-refractivity contribution in [1.82, 2.24) is 9.55 Å². The van der Waals surface area contributed by atoms with E-state index in [9.17, 15) is 8.78 Å². The van der Waals surface area contributed by atoms with E-state index in [1.54, 1.807) is 4.57 Å². The van der Waals surface area contributed by atoms with Gasteiger partial charge < -0.3 is 9.67 Å². The SMILES string of the molecule is OCc1cncn1Cc1cc(F)ccc1F. The van der Waals surface area contributed by atoms with Gasteiger partial charge in [0.15, 0.2) is 0 Å². The largest absolute Gasteiger partial charge is 0.390 e. The van der Waals surface area contributed by atoms with E-state index in [4.69, 9.17) is 5.11 Å². The smallest absolute Gasteiger partial charge is 0.128 e. The number of imidazole rings is 1. The fourth-order valence-electron chi connectivity index (χ4n) is 1.47. The summed E-state index contributed by atoms with van der Waals surface area (Å²) in [6.07, 6.45) is 2.95. The van der Waals surface area contributed by atoms with Crippen molar-refractivity contribution in [3.8, 4) is 0 Å². The minimum atomic E-state index is -0.484. The molecule has 0 saturated heterocycles. The Morgan fingerprint density at radius 2 is 2.12 bits per heavy atom. The predicted octanol–water partition coefficient (Wildman–Crippen LogP) is 1.70. The Morgan fingerprint density at radius 3 is 2.88 bits per heavy atom. The van der Waals surface area contributed by atoms with Crippen LogP contribution in [0.3, 0.4) is 0 Å². The van der Waals surface area contributed by atoms with Crippen LogP contribution in [0.25, 0.3) is 0 Å². The Kier molecular flexibility index (Phi) is 2.96. The molecule has 0 unspecified atom stereocenters. The number of hydrogen-bond donors (Lipinski definition) is 1. The lowest BCUT2D eigenvalue weighted by Crippen LogP contribution is -2.05. The zero-order valence-electron chi connectivity index (χ0n) is 8.40. The van der Waals surface area contributed by atoms with Crippen molar-refractivity contribution in [2.24, 2.45) is 0 Å². The maximum absolute atomic E-state index is 13.3. The van der Waals surface area contributed by atoms with Gasteiger partial charge in [0.25, 0.3) is 0 Å². The van der Waals surface area contributed by atoms with E-state index in [0.717, 1.165) is 18.2 Å². The molecule has 84 valence electrons. The van der Waals surface area contributed by atoms with Gasteiger partial charge in [-0.15, -0.1) is 0 Å². The summed E-state index contributed by atoms with van der Waals surface area (Å²) in [4.78, 5) is 3.83. The summed E-state index contributed by atoms with van der Waals surface area (Å²) >= 11 is 0. The van der Waals surface area contributed by atoms with Crippen LogP contribution < -0.4 is 0 Å². The lowest BCUT2D eigenvalue weighted by molar-refractivity contribution is 0.271. The number of aromatic nitrogens is 2. The molecule has 0 aliphatic rings. The Bertz CT molecular complexity index is 496. The number of aliphatic hydroxyl groups is 1. The number of halogens is 2. The molecular weight excluding hydrogens is 214 g/mol. The Balaban J connectivity index is 2.30. The van der Waals surface area contributed by atoms with Gasteiger partial charge in [-0.1, -0.05) is 0 Å². The molecule has 2 aromatic rings. The second-order valence-corrected chi connectivity index (χ2v) is 3.41. The van der Waals surface area contributed by atoms with Gasteiger partial charge in [-0.25, -0.2) is 13.8 Å². The molecule has 3 nitrogen and oxygen atoms in total. The summed E-state index contributed by atoms with van der Waals surface area (Å²) in [6.45, 7) is -0.0313. The van der Waals surface area contributed by atoms with Gasteiger partial charge in [0.2, 0.25) is 0 Å². The van der Waals surface area contributed by atoms with Crippen molar-refractivity contribution in [3.63, 3.8) is 0 Å². The van der Waals surface area contributed by atoms with Gasteiger partial charge in [0.05, 0.1) is 31.4 Å². The third-order valence-electron chi connectivity index (χ3n) is 2.31. The molecule has 1 heterocycles. The van der Waals surface area contributed by atoms with Gasteiger partial charge in [-0.05, 0) is 18.2 Å². The van der Waals surface area contributed by atoms with Crippen LogP contribution in [0.1, 0.15) is 11.3 Å². The standard InChI is InChI=1S/C11H10F2N2O/c12-9-1-2-11(13)8(3-9)5-15-7-14-4-10(15)6-16/h1-4,7,16H,5-6H2. The fourth-order valence-corrected chi connectivity index (χ4v) is 1.47. The third kappa shape index (κ3) is 2.09. The van der Waals surface area contributed by atoms with Crippen molar-refractivity contribution in [1.29, 1.82) is 0 Å². The van der Waals surface area contributed by atoms with E-state index < -0.39 is 11.6 Å². The molecule has 5 heteroatoms. The summed E-state index contributed by atoms with van der Waals surface area (Å²) < 4.78 is 27.8. The summed E-state index contributed by atoms with van der Waals surface area (Å²) in [5.74, 6) is -0.957. The highest BCUT2D eigenvalue weighted by Crippen LogP contribution is 2.12. The van der Waals surface area contributed by atoms with E-state index in [0.29, 0.717) is 5.69 Å². The Morgan fingerprint density at radius 1 is 1.31 bits per heavy atom.